The highest BCUT2D eigenvalue weighted by Gasteiger charge is 2.56. The number of hydrogen-bond acceptors (Lipinski definition) is 2. The largest absolute Gasteiger partial charge is 0.310 e. The van der Waals surface area contributed by atoms with Crippen molar-refractivity contribution >= 4 is 27.3 Å². The third kappa shape index (κ3) is 2.30. The van der Waals surface area contributed by atoms with Crippen molar-refractivity contribution in [3.05, 3.63) is 56.2 Å². The van der Waals surface area contributed by atoms with Gasteiger partial charge in [-0.1, -0.05) is 31.2 Å². The van der Waals surface area contributed by atoms with Crippen LogP contribution in [0.2, 0.25) is 0 Å². The highest BCUT2D eigenvalue weighted by atomic mass is 79.9. The van der Waals surface area contributed by atoms with E-state index in [-0.39, 0.29) is 0 Å². The molecule has 110 valence electrons. The van der Waals surface area contributed by atoms with Crippen molar-refractivity contribution in [2.45, 2.75) is 31.7 Å². The lowest BCUT2D eigenvalue weighted by Gasteiger charge is -2.18. The van der Waals surface area contributed by atoms with Gasteiger partial charge in [-0.15, -0.1) is 0 Å². The molecular weight excluding hydrogens is 342 g/mol. The SMILES string of the molecule is CCNC(c1cscc1Br)C1C2CCc3ccccc3C21. The molecule has 0 radical (unpaired) electrons. The molecule has 1 heterocycles. The molecule has 2 aliphatic rings. The van der Waals surface area contributed by atoms with Gasteiger partial charge in [0.2, 0.25) is 0 Å². The van der Waals surface area contributed by atoms with Gasteiger partial charge in [0.05, 0.1) is 0 Å². The Bertz CT molecular complexity index is 650. The van der Waals surface area contributed by atoms with E-state index in [4.69, 9.17) is 0 Å². The summed E-state index contributed by atoms with van der Waals surface area (Å²) in [5.41, 5.74) is 4.66. The van der Waals surface area contributed by atoms with Crippen LogP contribution in [0.3, 0.4) is 0 Å². The van der Waals surface area contributed by atoms with Gasteiger partial charge in [0, 0.05) is 15.9 Å². The summed E-state index contributed by atoms with van der Waals surface area (Å²) in [5.74, 6) is 2.40. The quantitative estimate of drug-likeness (QED) is 0.794. The molecule has 21 heavy (non-hydrogen) atoms. The van der Waals surface area contributed by atoms with E-state index in [1.54, 1.807) is 22.5 Å². The van der Waals surface area contributed by atoms with Crippen LogP contribution in [0.15, 0.2) is 39.5 Å². The molecule has 4 atom stereocenters. The maximum Gasteiger partial charge on any atom is 0.0376 e. The first-order valence-electron chi connectivity index (χ1n) is 7.84. The third-order valence-electron chi connectivity index (χ3n) is 5.18. The van der Waals surface area contributed by atoms with Crippen LogP contribution in [-0.2, 0) is 6.42 Å². The Morgan fingerprint density at radius 2 is 2.19 bits per heavy atom. The minimum Gasteiger partial charge on any atom is -0.310 e. The fraction of sp³-hybridized carbons (Fsp3) is 0.444. The van der Waals surface area contributed by atoms with Gasteiger partial charge >= 0.3 is 0 Å². The zero-order valence-electron chi connectivity index (χ0n) is 12.2. The number of thiophene rings is 1. The Hall–Kier alpha value is -0.640. The van der Waals surface area contributed by atoms with Gasteiger partial charge in [0.1, 0.15) is 0 Å². The maximum absolute atomic E-state index is 3.75. The van der Waals surface area contributed by atoms with Crippen molar-refractivity contribution in [3.63, 3.8) is 0 Å². The molecule has 1 nitrogen and oxygen atoms in total. The first-order valence-corrected chi connectivity index (χ1v) is 9.57. The third-order valence-corrected chi connectivity index (χ3v) is 6.93. The van der Waals surface area contributed by atoms with E-state index in [9.17, 15) is 0 Å². The average Bonchev–Trinajstić information content (AvgIpc) is 3.10. The summed E-state index contributed by atoms with van der Waals surface area (Å²) in [7, 11) is 0. The van der Waals surface area contributed by atoms with Gasteiger partial charge in [-0.25, -0.2) is 0 Å². The van der Waals surface area contributed by atoms with E-state index in [1.165, 1.54) is 22.9 Å². The number of aryl methyl sites for hydroxylation is 1. The number of rotatable bonds is 4. The average molecular weight is 362 g/mol. The van der Waals surface area contributed by atoms with E-state index in [2.05, 4.69) is 63.2 Å². The van der Waals surface area contributed by atoms with Crippen molar-refractivity contribution in [2.24, 2.45) is 11.8 Å². The molecule has 1 saturated carbocycles. The van der Waals surface area contributed by atoms with E-state index in [0.29, 0.717) is 6.04 Å². The second-order valence-corrected chi connectivity index (χ2v) is 7.81. The van der Waals surface area contributed by atoms with Crippen LogP contribution in [0.25, 0.3) is 0 Å². The molecule has 1 N–H and O–H groups in total. The molecule has 2 aliphatic carbocycles. The summed E-state index contributed by atoms with van der Waals surface area (Å²) >= 11 is 5.53. The molecule has 3 heteroatoms. The summed E-state index contributed by atoms with van der Waals surface area (Å²) in [6.45, 7) is 3.25. The predicted octanol–water partition coefficient (Wildman–Crippen LogP) is 5.14. The highest BCUT2D eigenvalue weighted by Crippen LogP contribution is 2.64. The monoisotopic (exact) mass is 361 g/mol. The molecular formula is C18H20BrNS. The molecule has 1 aromatic heterocycles. The molecule has 4 unspecified atom stereocenters. The molecule has 0 aliphatic heterocycles. The summed E-state index contributed by atoms with van der Waals surface area (Å²) in [6.07, 6.45) is 2.62. The first-order chi connectivity index (χ1) is 10.3. The number of fused-ring (bicyclic) bond motifs is 3. The fourth-order valence-corrected chi connectivity index (χ4v) is 5.84. The van der Waals surface area contributed by atoms with Crippen molar-refractivity contribution in [1.82, 2.24) is 5.32 Å². The van der Waals surface area contributed by atoms with Crippen molar-refractivity contribution in [3.8, 4) is 0 Å². The molecule has 1 fully saturated rings. The lowest BCUT2D eigenvalue weighted by Crippen LogP contribution is -2.23. The Morgan fingerprint density at radius 1 is 1.33 bits per heavy atom. The minimum absolute atomic E-state index is 0.497. The summed E-state index contributed by atoms with van der Waals surface area (Å²) in [5, 5.41) is 8.27. The molecule has 1 aromatic carbocycles. The van der Waals surface area contributed by atoms with Crippen LogP contribution in [0.4, 0.5) is 0 Å². The highest BCUT2D eigenvalue weighted by molar-refractivity contribution is 9.10. The Labute approximate surface area is 138 Å². The number of benzene rings is 1. The van der Waals surface area contributed by atoms with E-state index < -0.39 is 0 Å². The molecule has 2 aromatic rings. The van der Waals surface area contributed by atoms with Crippen LogP contribution >= 0.6 is 27.3 Å². The predicted molar refractivity (Wildman–Crippen MR) is 92.9 cm³/mol. The number of halogens is 1. The summed E-state index contributed by atoms with van der Waals surface area (Å²) in [4.78, 5) is 0. The molecule has 0 amide bonds. The zero-order chi connectivity index (χ0) is 14.4. The molecule has 0 spiro atoms. The number of hydrogen-bond donors (Lipinski definition) is 1. The lowest BCUT2D eigenvalue weighted by molar-refractivity contribution is 0.460. The Kier molecular flexibility index (Phi) is 3.68. The summed E-state index contributed by atoms with van der Waals surface area (Å²) < 4.78 is 1.27. The first kappa shape index (κ1) is 14.0. The van der Waals surface area contributed by atoms with Gasteiger partial charge < -0.3 is 5.32 Å². The Balaban J connectivity index is 1.67. The molecule has 0 saturated heterocycles. The van der Waals surface area contributed by atoms with Crippen LogP contribution in [0, 0.1) is 11.8 Å². The van der Waals surface area contributed by atoms with Crippen LogP contribution in [0.1, 0.15) is 42.0 Å². The number of nitrogens with one attached hydrogen (secondary N) is 1. The van der Waals surface area contributed by atoms with E-state index in [1.807, 2.05) is 0 Å². The maximum atomic E-state index is 3.75. The lowest BCUT2D eigenvalue weighted by atomic mass is 9.92. The van der Waals surface area contributed by atoms with Crippen molar-refractivity contribution in [1.29, 1.82) is 0 Å². The van der Waals surface area contributed by atoms with Crippen LogP contribution in [-0.4, -0.2) is 6.54 Å². The second-order valence-electron chi connectivity index (χ2n) is 6.21. The van der Waals surface area contributed by atoms with Crippen LogP contribution in [0.5, 0.6) is 0 Å². The van der Waals surface area contributed by atoms with Gasteiger partial charge in [-0.3, -0.25) is 0 Å². The molecule has 0 bridgehead atoms. The topological polar surface area (TPSA) is 12.0 Å². The van der Waals surface area contributed by atoms with Gasteiger partial charge in [0.15, 0.2) is 0 Å². The van der Waals surface area contributed by atoms with Crippen LogP contribution < -0.4 is 5.32 Å². The Morgan fingerprint density at radius 3 is 2.95 bits per heavy atom. The van der Waals surface area contributed by atoms with Crippen molar-refractivity contribution in [2.75, 3.05) is 6.54 Å². The summed E-state index contributed by atoms with van der Waals surface area (Å²) in [6, 6.07) is 9.58. The van der Waals surface area contributed by atoms with Gasteiger partial charge in [-0.05, 0) is 75.1 Å². The normalized spacial score (nSPS) is 27.8. The smallest absolute Gasteiger partial charge is 0.0376 e. The van der Waals surface area contributed by atoms with Crippen molar-refractivity contribution < 1.29 is 0 Å². The zero-order valence-corrected chi connectivity index (χ0v) is 14.6. The van der Waals surface area contributed by atoms with E-state index in [0.717, 1.165) is 24.3 Å². The fourth-order valence-electron chi connectivity index (χ4n) is 4.26. The minimum atomic E-state index is 0.497. The van der Waals surface area contributed by atoms with Gasteiger partial charge in [-0.2, -0.15) is 11.3 Å². The van der Waals surface area contributed by atoms with E-state index >= 15 is 0 Å². The standard InChI is InChI=1S/C18H20BrNS/c1-2-20-18(14-9-21-10-15(14)19)17-13-8-7-11-5-3-4-6-12(11)16(13)17/h3-6,9-10,13,16-18,20H,2,7-8H2,1H3. The van der Waals surface area contributed by atoms with Gasteiger partial charge in [0.25, 0.3) is 0 Å². The molecule has 4 rings (SSSR count). The second kappa shape index (κ2) is 5.53.